The van der Waals surface area contributed by atoms with Gasteiger partial charge < -0.3 is 34.4 Å². The van der Waals surface area contributed by atoms with Gasteiger partial charge in [-0.2, -0.15) is 0 Å². The summed E-state index contributed by atoms with van der Waals surface area (Å²) >= 11 is 5.97. The van der Waals surface area contributed by atoms with Gasteiger partial charge >= 0.3 is 13.7 Å². The van der Waals surface area contributed by atoms with E-state index in [9.17, 15) is 24.1 Å². The second-order valence-corrected chi connectivity index (χ2v) is 11.7. The van der Waals surface area contributed by atoms with Gasteiger partial charge in [0, 0.05) is 25.5 Å². The van der Waals surface area contributed by atoms with Gasteiger partial charge in [0.25, 0.3) is 0 Å². The van der Waals surface area contributed by atoms with E-state index in [1.165, 1.54) is 4.90 Å². The van der Waals surface area contributed by atoms with Crippen molar-refractivity contribution in [2.75, 3.05) is 27.3 Å². The summed E-state index contributed by atoms with van der Waals surface area (Å²) in [7, 11) is -0.879. The molecule has 0 fully saturated rings. The Bertz CT molecular complexity index is 955. The van der Waals surface area contributed by atoms with Crippen LogP contribution in [-0.2, 0) is 34.5 Å². The molecule has 39 heavy (non-hydrogen) atoms. The number of carbonyl (C=O) groups is 3. The van der Waals surface area contributed by atoms with Crippen molar-refractivity contribution in [1.82, 2.24) is 15.5 Å². The van der Waals surface area contributed by atoms with Crippen molar-refractivity contribution < 1.29 is 37.8 Å². The minimum Gasteiger partial charge on any atom is -0.445 e. The van der Waals surface area contributed by atoms with E-state index in [0.717, 1.165) is 12.8 Å². The maximum absolute atomic E-state index is 13.4. The lowest BCUT2D eigenvalue weighted by Gasteiger charge is -2.31. The fourth-order valence-corrected chi connectivity index (χ4v) is 5.66. The third-order valence-electron chi connectivity index (χ3n) is 5.76. The first-order valence-corrected chi connectivity index (χ1v) is 15.2. The standard InChI is InChI=1S/C26H43ClN3O8P/c1-6-9-10-14-21(29-26(34)36-18-19-12-11-13-20(27)17-19)24(32)28-22(15-16-23(31)30(4)5)25(33)39(35,37-7-2)38-8-3/h11-13,17,21-22,25,33H,6-10,14-16,18H2,1-5H3,(H,28,32)(H,29,34)/t21?,22-,25?/m0/s1. The molecule has 2 unspecified atom stereocenters. The lowest BCUT2D eigenvalue weighted by atomic mass is 10.1. The lowest BCUT2D eigenvalue weighted by molar-refractivity contribution is -0.130. The normalized spacial score (nSPS) is 13.7. The number of hydrogen-bond donors (Lipinski definition) is 3. The maximum Gasteiger partial charge on any atom is 0.408 e. The van der Waals surface area contributed by atoms with Gasteiger partial charge in [-0.25, -0.2) is 4.79 Å². The van der Waals surface area contributed by atoms with Crippen LogP contribution >= 0.6 is 19.2 Å². The van der Waals surface area contributed by atoms with Gasteiger partial charge in [0.15, 0.2) is 5.85 Å². The zero-order valence-corrected chi connectivity index (χ0v) is 25.1. The van der Waals surface area contributed by atoms with Crippen molar-refractivity contribution in [3.63, 3.8) is 0 Å². The van der Waals surface area contributed by atoms with Gasteiger partial charge in [-0.1, -0.05) is 49.9 Å². The molecular weight excluding hydrogens is 549 g/mol. The summed E-state index contributed by atoms with van der Waals surface area (Å²) in [5, 5.41) is 16.8. The van der Waals surface area contributed by atoms with Gasteiger partial charge in [-0.05, 0) is 44.4 Å². The molecule has 1 rings (SSSR count). The predicted octanol–water partition coefficient (Wildman–Crippen LogP) is 4.45. The average molecular weight is 592 g/mol. The quantitative estimate of drug-likeness (QED) is 0.168. The topological polar surface area (TPSA) is 143 Å². The third-order valence-corrected chi connectivity index (χ3v) is 8.24. The number of unbranched alkanes of at least 4 members (excludes halogenated alkanes) is 2. The second kappa shape index (κ2) is 18.2. The Morgan fingerprint density at radius 3 is 2.28 bits per heavy atom. The Morgan fingerprint density at radius 2 is 1.72 bits per heavy atom. The molecule has 1 aromatic rings. The Balaban J connectivity index is 3.06. The van der Waals surface area contributed by atoms with E-state index in [1.54, 1.807) is 52.2 Å². The van der Waals surface area contributed by atoms with E-state index in [4.69, 9.17) is 25.4 Å². The molecule has 3 amide bonds. The van der Waals surface area contributed by atoms with Crippen LogP contribution in [0.1, 0.15) is 64.9 Å². The van der Waals surface area contributed by atoms with Crippen molar-refractivity contribution >= 4 is 37.1 Å². The molecular formula is C26H43ClN3O8P. The fourth-order valence-electron chi connectivity index (χ4n) is 3.68. The highest BCUT2D eigenvalue weighted by Gasteiger charge is 2.41. The molecule has 3 N–H and O–H groups in total. The fraction of sp³-hybridized carbons (Fsp3) is 0.654. The van der Waals surface area contributed by atoms with Crippen LogP contribution in [0, 0.1) is 0 Å². The van der Waals surface area contributed by atoms with Crippen LogP contribution in [0.5, 0.6) is 0 Å². The smallest absolute Gasteiger partial charge is 0.408 e. The van der Waals surface area contributed by atoms with Crippen LogP contribution < -0.4 is 10.6 Å². The van der Waals surface area contributed by atoms with E-state index in [2.05, 4.69) is 10.6 Å². The summed E-state index contributed by atoms with van der Waals surface area (Å²) in [6.07, 6.45) is 1.80. The molecule has 0 aliphatic carbocycles. The Labute approximate surface area is 236 Å². The number of rotatable bonds is 18. The van der Waals surface area contributed by atoms with Crippen molar-refractivity contribution in [3.8, 4) is 0 Å². The van der Waals surface area contributed by atoms with Crippen molar-refractivity contribution in [2.24, 2.45) is 0 Å². The van der Waals surface area contributed by atoms with E-state index in [-0.39, 0.29) is 38.6 Å². The van der Waals surface area contributed by atoms with E-state index >= 15 is 0 Å². The van der Waals surface area contributed by atoms with Crippen LogP contribution in [0.25, 0.3) is 0 Å². The molecule has 0 saturated heterocycles. The van der Waals surface area contributed by atoms with Crippen LogP contribution in [0.3, 0.4) is 0 Å². The maximum atomic E-state index is 13.4. The number of aliphatic hydroxyl groups is 1. The molecule has 0 aliphatic heterocycles. The van der Waals surface area contributed by atoms with E-state index in [0.29, 0.717) is 23.4 Å². The van der Waals surface area contributed by atoms with Crippen LogP contribution in [0.4, 0.5) is 4.79 Å². The summed E-state index contributed by atoms with van der Waals surface area (Å²) < 4.78 is 29.1. The molecule has 0 radical (unpaired) electrons. The van der Waals surface area contributed by atoms with Crippen molar-refractivity contribution in [1.29, 1.82) is 0 Å². The number of aliphatic hydroxyl groups excluding tert-OH is 1. The second-order valence-electron chi connectivity index (χ2n) is 9.13. The lowest BCUT2D eigenvalue weighted by Crippen LogP contribution is -2.52. The van der Waals surface area contributed by atoms with Crippen LogP contribution in [0.2, 0.25) is 5.02 Å². The minimum atomic E-state index is -4.05. The molecule has 0 heterocycles. The van der Waals surface area contributed by atoms with Gasteiger partial charge in [0.2, 0.25) is 11.8 Å². The molecule has 3 atom stereocenters. The summed E-state index contributed by atoms with van der Waals surface area (Å²) in [5.41, 5.74) is 0.681. The van der Waals surface area contributed by atoms with E-state index < -0.39 is 37.5 Å². The zero-order chi connectivity index (χ0) is 29.4. The first-order valence-electron chi connectivity index (χ1n) is 13.2. The summed E-state index contributed by atoms with van der Waals surface area (Å²) in [4.78, 5) is 39.5. The van der Waals surface area contributed by atoms with Crippen molar-refractivity contribution in [2.45, 2.75) is 83.8 Å². The Kier molecular flexibility index (Phi) is 16.3. The van der Waals surface area contributed by atoms with Gasteiger partial charge in [0.1, 0.15) is 12.6 Å². The monoisotopic (exact) mass is 591 g/mol. The number of alkyl carbamates (subject to hydrolysis) is 1. The molecule has 0 bridgehead atoms. The van der Waals surface area contributed by atoms with Crippen LogP contribution in [-0.4, -0.2) is 73.2 Å². The molecule has 0 saturated carbocycles. The molecule has 13 heteroatoms. The largest absolute Gasteiger partial charge is 0.445 e. The molecule has 0 aliphatic rings. The third kappa shape index (κ3) is 12.7. The predicted molar refractivity (Wildman–Crippen MR) is 149 cm³/mol. The first-order chi connectivity index (χ1) is 18.5. The number of amides is 3. The zero-order valence-electron chi connectivity index (χ0n) is 23.5. The Hall–Kier alpha value is -2.17. The van der Waals surface area contributed by atoms with Crippen LogP contribution in [0.15, 0.2) is 24.3 Å². The summed E-state index contributed by atoms with van der Waals surface area (Å²) in [5.74, 6) is -2.60. The molecule has 1 aromatic carbocycles. The molecule has 0 aromatic heterocycles. The van der Waals surface area contributed by atoms with Gasteiger partial charge in [0.05, 0.1) is 19.3 Å². The highest BCUT2D eigenvalue weighted by molar-refractivity contribution is 7.54. The molecule has 222 valence electrons. The number of benzene rings is 1. The first kappa shape index (κ1) is 34.9. The number of carbonyl (C=O) groups excluding carboxylic acids is 3. The number of nitrogens with one attached hydrogen (secondary N) is 2. The van der Waals surface area contributed by atoms with Crippen molar-refractivity contribution in [3.05, 3.63) is 34.9 Å². The number of hydrogen-bond acceptors (Lipinski definition) is 8. The minimum absolute atomic E-state index is 0.00526. The highest BCUT2D eigenvalue weighted by Crippen LogP contribution is 2.53. The highest BCUT2D eigenvalue weighted by atomic mass is 35.5. The summed E-state index contributed by atoms with van der Waals surface area (Å²) in [6.45, 7) is 5.18. The number of halogens is 1. The Morgan fingerprint density at radius 1 is 1.05 bits per heavy atom. The summed E-state index contributed by atoms with van der Waals surface area (Å²) in [6, 6.07) is 4.70. The van der Waals surface area contributed by atoms with E-state index in [1.807, 2.05) is 6.92 Å². The number of nitrogens with zero attached hydrogens (tertiary/aromatic N) is 1. The van der Waals surface area contributed by atoms with Gasteiger partial charge in [-0.3, -0.25) is 14.2 Å². The number of ether oxygens (including phenoxy) is 1. The average Bonchev–Trinajstić information content (AvgIpc) is 2.88. The molecule has 0 spiro atoms. The van der Waals surface area contributed by atoms with Gasteiger partial charge in [-0.15, -0.1) is 0 Å². The molecule has 11 nitrogen and oxygen atoms in total. The SMILES string of the molecule is CCCCCC(NC(=O)OCc1cccc(Cl)c1)C(=O)N[C@@H](CCC(=O)N(C)C)C(O)P(=O)(OCC)OCC.